The molecule has 1 aromatic rings. The molecule has 0 N–H and O–H groups in total. The first kappa shape index (κ1) is 12.7. The van der Waals surface area contributed by atoms with Crippen molar-refractivity contribution in [1.82, 2.24) is 0 Å². The van der Waals surface area contributed by atoms with Crippen LogP contribution >= 0.6 is 15.9 Å². The van der Waals surface area contributed by atoms with Crippen LogP contribution < -0.4 is 9.47 Å². The van der Waals surface area contributed by atoms with E-state index in [-0.39, 0.29) is 0 Å². The highest BCUT2D eigenvalue weighted by atomic mass is 79.9. The Balaban J connectivity index is 2.25. The van der Waals surface area contributed by atoms with Crippen LogP contribution in [-0.4, -0.2) is 18.5 Å². The lowest BCUT2D eigenvalue weighted by molar-refractivity contribution is 0.171. The highest BCUT2D eigenvalue weighted by molar-refractivity contribution is 9.09. The highest BCUT2D eigenvalue weighted by Crippen LogP contribution is 2.36. The van der Waals surface area contributed by atoms with Gasteiger partial charge in [-0.3, -0.25) is 0 Å². The Hall–Kier alpha value is -0.700. The van der Waals surface area contributed by atoms with Crippen LogP contribution in [0.3, 0.4) is 0 Å². The first-order chi connectivity index (χ1) is 8.22. The Bertz CT molecular complexity index is 376. The van der Waals surface area contributed by atoms with Crippen LogP contribution in [0.15, 0.2) is 18.2 Å². The third kappa shape index (κ3) is 2.95. The van der Waals surface area contributed by atoms with Gasteiger partial charge in [-0.15, -0.1) is 0 Å². The standard InChI is InChI=1S/C14H19BrO2/c1-10(2)12(5-6-15)11-3-4-13-14(9-11)17-8-7-16-13/h3-4,9-10,12H,5-8H2,1-2H3. The Morgan fingerprint density at radius 3 is 2.53 bits per heavy atom. The van der Waals surface area contributed by atoms with E-state index in [1.807, 2.05) is 6.07 Å². The maximum absolute atomic E-state index is 5.64. The molecule has 0 bridgehead atoms. The molecular formula is C14H19BrO2. The van der Waals surface area contributed by atoms with Crippen molar-refractivity contribution in [2.75, 3.05) is 18.5 Å². The van der Waals surface area contributed by atoms with Crippen molar-refractivity contribution in [2.24, 2.45) is 5.92 Å². The summed E-state index contributed by atoms with van der Waals surface area (Å²) in [5.41, 5.74) is 1.35. The van der Waals surface area contributed by atoms with Crippen LogP contribution in [-0.2, 0) is 0 Å². The van der Waals surface area contributed by atoms with E-state index >= 15 is 0 Å². The summed E-state index contributed by atoms with van der Waals surface area (Å²) in [7, 11) is 0. The summed E-state index contributed by atoms with van der Waals surface area (Å²) in [6.07, 6.45) is 1.15. The number of ether oxygens (including phenoxy) is 2. The highest BCUT2D eigenvalue weighted by Gasteiger charge is 2.19. The van der Waals surface area contributed by atoms with Gasteiger partial charge in [-0.25, -0.2) is 0 Å². The van der Waals surface area contributed by atoms with Crippen LogP contribution in [0.2, 0.25) is 0 Å². The van der Waals surface area contributed by atoms with Crippen molar-refractivity contribution in [3.05, 3.63) is 23.8 Å². The molecule has 2 nitrogen and oxygen atoms in total. The number of rotatable bonds is 4. The summed E-state index contributed by atoms with van der Waals surface area (Å²) in [4.78, 5) is 0. The first-order valence-electron chi connectivity index (χ1n) is 6.18. The molecule has 0 aromatic heterocycles. The van der Waals surface area contributed by atoms with Crippen LogP contribution in [0.5, 0.6) is 11.5 Å². The Morgan fingerprint density at radius 2 is 1.88 bits per heavy atom. The molecule has 0 aliphatic carbocycles. The summed E-state index contributed by atoms with van der Waals surface area (Å²) in [6.45, 7) is 5.84. The summed E-state index contributed by atoms with van der Waals surface area (Å²) < 4.78 is 11.2. The Morgan fingerprint density at radius 1 is 1.18 bits per heavy atom. The van der Waals surface area contributed by atoms with Crippen molar-refractivity contribution < 1.29 is 9.47 Å². The number of halogens is 1. The van der Waals surface area contributed by atoms with E-state index in [1.165, 1.54) is 5.56 Å². The maximum Gasteiger partial charge on any atom is 0.161 e. The second-order valence-corrected chi connectivity index (χ2v) is 5.52. The van der Waals surface area contributed by atoms with Gasteiger partial charge in [0.2, 0.25) is 0 Å². The van der Waals surface area contributed by atoms with Gasteiger partial charge >= 0.3 is 0 Å². The topological polar surface area (TPSA) is 18.5 Å². The molecule has 1 heterocycles. The van der Waals surface area contributed by atoms with Crippen molar-refractivity contribution in [3.63, 3.8) is 0 Å². The molecule has 1 aliphatic rings. The summed E-state index contributed by atoms with van der Waals surface area (Å²) in [5.74, 6) is 2.98. The van der Waals surface area contributed by atoms with Gasteiger partial charge in [-0.2, -0.15) is 0 Å². The second kappa shape index (κ2) is 5.76. The molecule has 17 heavy (non-hydrogen) atoms. The van der Waals surface area contributed by atoms with Gasteiger partial charge in [0, 0.05) is 5.33 Å². The van der Waals surface area contributed by atoms with E-state index in [0.717, 1.165) is 23.2 Å². The molecule has 0 fully saturated rings. The number of hydrogen-bond donors (Lipinski definition) is 0. The van der Waals surface area contributed by atoms with E-state index in [0.29, 0.717) is 25.0 Å². The number of fused-ring (bicyclic) bond motifs is 1. The lowest BCUT2D eigenvalue weighted by Gasteiger charge is -2.24. The second-order valence-electron chi connectivity index (χ2n) is 4.73. The largest absolute Gasteiger partial charge is 0.486 e. The smallest absolute Gasteiger partial charge is 0.161 e. The number of hydrogen-bond acceptors (Lipinski definition) is 2. The van der Waals surface area contributed by atoms with Gasteiger partial charge in [-0.1, -0.05) is 35.8 Å². The molecule has 0 spiro atoms. The molecule has 1 aromatic carbocycles. The van der Waals surface area contributed by atoms with Crippen LogP contribution in [0, 0.1) is 5.92 Å². The maximum atomic E-state index is 5.64. The lowest BCUT2D eigenvalue weighted by Crippen LogP contribution is -2.16. The summed E-state index contributed by atoms with van der Waals surface area (Å²) in [5, 5.41) is 1.03. The van der Waals surface area contributed by atoms with Crippen molar-refractivity contribution in [2.45, 2.75) is 26.2 Å². The number of alkyl halides is 1. The molecule has 0 amide bonds. The average Bonchev–Trinajstić information content (AvgIpc) is 2.35. The molecule has 1 aliphatic heterocycles. The van der Waals surface area contributed by atoms with Gasteiger partial charge in [0.15, 0.2) is 11.5 Å². The molecule has 0 radical (unpaired) electrons. The van der Waals surface area contributed by atoms with Crippen molar-refractivity contribution in [3.8, 4) is 11.5 Å². The monoisotopic (exact) mass is 298 g/mol. The third-order valence-corrected chi connectivity index (χ3v) is 3.68. The normalized spacial score (nSPS) is 16.0. The van der Waals surface area contributed by atoms with Gasteiger partial charge in [0.1, 0.15) is 13.2 Å². The molecule has 1 unspecified atom stereocenters. The zero-order chi connectivity index (χ0) is 12.3. The fraction of sp³-hybridized carbons (Fsp3) is 0.571. The fourth-order valence-electron chi connectivity index (χ4n) is 2.29. The van der Waals surface area contributed by atoms with Crippen molar-refractivity contribution in [1.29, 1.82) is 0 Å². The van der Waals surface area contributed by atoms with E-state index in [4.69, 9.17) is 9.47 Å². The average molecular weight is 299 g/mol. The predicted molar refractivity (Wildman–Crippen MR) is 73.4 cm³/mol. The molecule has 0 saturated carbocycles. The quantitative estimate of drug-likeness (QED) is 0.783. The molecular weight excluding hydrogens is 280 g/mol. The molecule has 2 rings (SSSR count). The van der Waals surface area contributed by atoms with Crippen molar-refractivity contribution >= 4 is 15.9 Å². The van der Waals surface area contributed by atoms with E-state index in [2.05, 4.69) is 41.9 Å². The van der Waals surface area contributed by atoms with Gasteiger partial charge in [0.05, 0.1) is 0 Å². The van der Waals surface area contributed by atoms with Gasteiger partial charge in [0.25, 0.3) is 0 Å². The SMILES string of the molecule is CC(C)C(CCBr)c1ccc2c(c1)OCCO2. The lowest BCUT2D eigenvalue weighted by atomic mass is 9.86. The number of benzene rings is 1. The minimum Gasteiger partial charge on any atom is -0.486 e. The Kier molecular flexibility index (Phi) is 4.32. The van der Waals surface area contributed by atoms with E-state index < -0.39 is 0 Å². The third-order valence-electron chi connectivity index (χ3n) is 3.22. The van der Waals surface area contributed by atoms with E-state index in [9.17, 15) is 0 Å². The molecule has 0 saturated heterocycles. The minimum absolute atomic E-state index is 0.574. The minimum atomic E-state index is 0.574. The predicted octanol–water partition coefficient (Wildman–Crippen LogP) is 3.98. The zero-order valence-corrected chi connectivity index (χ0v) is 12.0. The molecule has 1 atom stereocenters. The van der Waals surface area contributed by atoms with Crippen LogP contribution in [0.4, 0.5) is 0 Å². The van der Waals surface area contributed by atoms with Crippen LogP contribution in [0.1, 0.15) is 31.7 Å². The Labute approximate surface area is 111 Å². The first-order valence-corrected chi connectivity index (χ1v) is 7.30. The molecule has 94 valence electrons. The zero-order valence-electron chi connectivity index (χ0n) is 10.4. The summed E-state index contributed by atoms with van der Waals surface area (Å²) in [6, 6.07) is 6.34. The van der Waals surface area contributed by atoms with Gasteiger partial charge in [-0.05, 0) is 36.0 Å². The van der Waals surface area contributed by atoms with Gasteiger partial charge < -0.3 is 9.47 Å². The fourth-order valence-corrected chi connectivity index (χ4v) is 2.79. The molecule has 3 heteroatoms. The van der Waals surface area contributed by atoms with Crippen LogP contribution in [0.25, 0.3) is 0 Å². The summed E-state index contributed by atoms with van der Waals surface area (Å²) >= 11 is 3.53. The van der Waals surface area contributed by atoms with E-state index in [1.54, 1.807) is 0 Å².